The molecule has 3 aromatic rings. The maximum absolute atomic E-state index is 13.7. The van der Waals surface area contributed by atoms with Gasteiger partial charge in [-0.25, -0.2) is 19.3 Å². The van der Waals surface area contributed by atoms with Crippen molar-refractivity contribution >= 4 is 38.6 Å². The first kappa shape index (κ1) is 13.5. The molecule has 0 saturated heterocycles. The van der Waals surface area contributed by atoms with Crippen LogP contribution in [0.25, 0.3) is 11.0 Å². The molecule has 0 spiro atoms. The van der Waals surface area contributed by atoms with E-state index >= 15 is 0 Å². The van der Waals surface area contributed by atoms with Crippen LogP contribution in [0.1, 0.15) is 11.5 Å². The lowest BCUT2D eigenvalue weighted by atomic mass is 10.3. The highest BCUT2D eigenvalue weighted by molar-refractivity contribution is 9.10. The van der Waals surface area contributed by atoms with Gasteiger partial charge in [0, 0.05) is 12.3 Å². The van der Waals surface area contributed by atoms with Gasteiger partial charge in [0.25, 0.3) is 0 Å². The zero-order valence-corrected chi connectivity index (χ0v) is 12.6. The molecule has 20 heavy (non-hydrogen) atoms. The summed E-state index contributed by atoms with van der Waals surface area (Å²) in [5.41, 5.74) is 2.21. The molecule has 0 bridgehead atoms. The molecule has 0 atom stereocenters. The van der Waals surface area contributed by atoms with Gasteiger partial charge in [-0.05, 0) is 28.1 Å². The quantitative estimate of drug-likeness (QED) is 0.675. The molecule has 2 heterocycles. The Hall–Kier alpha value is -1.53. The van der Waals surface area contributed by atoms with Crippen molar-refractivity contribution in [3.05, 3.63) is 52.5 Å². The van der Waals surface area contributed by atoms with Crippen LogP contribution in [0.15, 0.2) is 35.2 Å². The van der Waals surface area contributed by atoms with E-state index in [4.69, 9.17) is 11.6 Å². The van der Waals surface area contributed by atoms with E-state index in [1.54, 1.807) is 18.3 Å². The number of aromatic nitrogens is 4. The van der Waals surface area contributed by atoms with Crippen LogP contribution in [0.3, 0.4) is 0 Å². The van der Waals surface area contributed by atoms with E-state index in [1.165, 1.54) is 12.4 Å². The predicted octanol–water partition coefficient (Wildman–Crippen LogP) is 3.52. The third-order valence-electron chi connectivity index (χ3n) is 2.95. The van der Waals surface area contributed by atoms with Crippen molar-refractivity contribution in [3.63, 3.8) is 0 Å². The van der Waals surface area contributed by atoms with Gasteiger partial charge in [-0.3, -0.25) is 0 Å². The highest BCUT2D eigenvalue weighted by atomic mass is 79.9. The van der Waals surface area contributed by atoms with E-state index in [0.29, 0.717) is 27.9 Å². The summed E-state index contributed by atoms with van der Waals surface area (Å²) < 4.78 is 16.0. The normalized spacial score (nSPS) is 11.2. The van der Waals surface area contributed by atoms with Crippen LogP contribution in [0.4, 0.5) is 4.39 Å². The number of benzene rings is 1. The average molecular weight is 356 g/mol. The summed E-state index contributed by atoms with van der Waals surface area (Å²) in [4.78, 5) is 12.5. The lowest BCUT2D eigenvalue weighted by molar-refractivity contribution is 0.621. The predicted molar refractivity (Wildman–Crippen MR) is 78.1 cm³/mol. The van der Waals surface area contributed by atoms with Crippen molar-refractivity contribution in [1.29, 1.82) is 0 Å². The summed E-state index contributed by atoms with van der Waals surface area (Å²) in [6.07, 6.45) is 3.14. The molecular weight excluding hydrogens is 347 g/mol. The fourth-order valence-electron chi connectivity index (χ4n) is 2.02. The van der Waals surface area contributed by atoms with Crippen molar-refractivity contribution in [2.45, 2.75) is 12.4 Å². The van der Waals surface area contributed by atoms with Crippen molar-refractivity contribution in [2.75, 3.05) is 0 Å². The molecule has 7 heteroatoms. The lowest BCUT2D eigenvalue weighted by Crippen LogP contribution is -2.05. The molecule has 0 aliphatic carbocycles. The molecule has 3 rings (SSSR count). The molecule has 0 N–H and O–H groups in total. The smallest absolute Gasteiger partial charge is 0.139 e. The number of rotatable bonds is 3. The van der Waals surface area contributed by atoms with E-state index in [0.717, 1.165) is 5.69 Å². The maximum atomic E-state index is 13.7. The number of halogens is 3. The van der Waals surface area contributed by atoms with Crippen LogP contribution < -0.4 is 0 Å². The van der Waals surface area contributed by atoms with Crippen LogP contribution in [-0.4, -0.2) is 19.5 Å². The highest BCUT2D eigenvalue weighted by Gasteiger charge is 2.13. The fraction of sp³-hybridized carbons (Fsp3) is 0.154. The minimum absolute atomic E-state index is 0.249. The Morgan fingerprint density at radius 2 is 2.20 bits per heavy atom. The second-order valence-corrected chi connectivity index (χ2v) is 5.33. The van der Waals surface area contributed by atoms with Crippen LogP contribution >= 0.6 is 27.5 Å². The standard InChI is InChI=1S/C13H9BrClFN4/c14-9-3-11-12(4-10(9)16)20(13(5-15)19-11)6-8-1-2-17-7-18-8/h1-4,7H,5-6H2. The average Bonchev–Trinajstić information content (AvgIpc) is 2.78. The van der Waals surface area contributed by atoms with Crippen molar-refractivity contribution in [3.8, 4) is 0 Å². The van der Waals surface area contributed by atoms with Gasteiger partial charge < -0.3 is 4.57 Å². The summed E-state index contributed by atoms with van der Waals surface area (Å²) in [6, 6.07) is 4.90. The van der Waals surface area contributed by atoms with Crippen LogP contribution in [0.5, 0.6) is 0 Å². The van der Waals surface area contributed by atoms with Crippen LogP contribution in [-0.2, 0) is 12.4 Å². The van der Waals surface area contributed by atoms with Gasteiger partial charge in [0.1, 0.15) is 18.0 Å². The Morgan fingerprint density at radius 3 is 2.90 bits per heavy atom. The van der Waals surface area contributed by atoms with Crippen molar-refractivity contribution in [1.82, 2.24) is 19.5 Å². The van der Waals surface area contributed by atoms with Crippen molar-refractivity contribution < 1.29 is 4.39 Å². The Kier molecular flexibility index (Phi) is 3.67. The van der Waals surface area contributed by atoms with Gasteiger partial charge >= 0.3 is 0 Å². The number of nitrogens with zero attached hydrogens (tertiary/aromatic N) is 4. The van der Waals surface area contributed by atoms with Gasteiger partial charge in [-0.2, -0.15) is 0 Å². The fourth-order valence-corrected chi connectivity index (χ4v) is 2.56. The van der Waals surface area contributed by atoms with Crippen LogP contribution in [0.2, 0.25) is 0 Å². The van der Waals surface area contributed by atoms with Crippen molar-refractivity contribution in [2.24, 2.45) is 0 Å². The summed E-state index contributed by atoms with van der Waals surface area (Å²) in [6.45, 7) is 0.474. The second kappa shape index (κ2) is 5.46. The van der Waals surface area contributed by atoms with Gasteiger partial charge in [0.15, 0.2) is 0 Å². The Balaban J connectivity index is 2.15. The molecule has 0 fully saturated rings. The number of hydrogen-bond donors (Lipinski definition) is 0. The lowest BCUT2D eigenvalue weighted by Gasteiger charge is -2.07. The minimum atomic E-state index is -0.331. The molecule has 102 valence electrons. The van der Waals surface area contributed by atoms with Gasteiger partial charge in [-0.1, -0.05) is 0 Å². The van der Waals surface area contributed by atoms with E-state index in [1.807, 2.05) is 4.57 Å². The molecule has 0 amide bonds. The summed E-state index contributed by atoms with van der Waals surface area (Å²) in [5, 5.41) is 0. The molecule has 4 nitrogen and oxygen atoms in total. The van der Waals surface area contributed by atoms with Crippen LogP contribution in [0, 0.1) is 5.82 Å². The monoisotopic (exact) mass is 354 g/mol. The molecule has 0 unspecified atom stereocenters. The highest BCUT2D eigenvalue weighted by Crippen LogP contribution is 2.25. The number of alkyl halides is 1. The Morgan fingerprint density at radius 1 is 1.35 bits per heavy atom. The first-order valence-electron chi connectivity index (χ1n) is 5.84. The first-order valence-corrected chi connectivity index (χ1v) is 7.17. The van der Waals surface area contributed by atoms with Gasteiger partial charge in [0.05, 0.1) is 33.6 Å². The summed E-state index contributed by atoms with van der Waals surface area (Å²) >= 11 is 9.09. The summed E-state index contributed by atoms with van der Waals surface area (Å²) in [5.74, 6) is 0.596. The third kappa shape index (κ3) is 2.41. The van der Waals surface area contributed by atoms with E-state index < -0.39 is 0 Å². The molecule has 2 aromatic heterocycles. The number of hydrogen-bond acceptors (Lipinski definition) is 3. The topological polar surface area (TPSA) is 43.6 Å². The molecule has 0 radical (unpaired) electrons. The second-order valence-electron chi connectivity index (χ2n) is 4.20. The Bertz CT molecular complexity index is 760. The molecule has 0 aliphatic rings. The van der Waals surface area contributed by atoms with Gasteiger partial charge in [-0.15, -0.1) is 11.6 Å². The molecule has 1 aromatic carbocycles. The minimum Gasteiger partial charge on any atom is -0.321 e. The number of imidazole rings is 1. The zero-order valence-electron chi connectivity index (χ0n) is 10.2. The third-order valence-corrected chi connectivity index (χ3v) is 3.80. The van der Waals surface area contributed by atoms with E-state index in [9.17, 15) is 4.39 Å². The zero-order chi connectivity index (χ0) is 14.1. The molecular formula is C13H9BrClFN4. The summed E-state index contributed by atoms with van der Waals surface area (Å²) in [7, 11) is 0. The first-order chi connectivity index (χ1) is 9.69. The van der Waals surface area contributed by atoms with Gasteiger partial charge in [0.2, 0.25) is 0 Å². The molecule has 0 saturated carbocycles. The number of fused-ring (bicyclic) bond motifs is 1. The Labute approximate surface area is 127 Å². The van der Waals surface area contributed by atoms with E-state index in [-0.39, 0.29) is 11.7 Å². The van der Waals surface area contributed by atoms with E-state index in [2.05, 4.69) is 30.9 Å². The largest absolute Gasteiger partial charge is 0.321 e. The maximum Gasteiger partial charge on any atom is 0.139 e. The molecule has 0 aliphatic heterocycles. The SMILES string of the molecule is Fc1cc2c(cc1Br)nc(CCl)n2Cc1ccncn1.